The molecule has 0 bridgehead atoms. The van der Waals surface area contributed by atoms with Gasteiger partial charge in [-0.05, 0) is 42.0 Å². The standard InChI is InChI=1S/C27H25Cl2N5OS/c28-21-14-30-15-22(29)25(21)27(35)33-13-18-6-8-19(9-7-18)16-34(17-24-31-11-12-36-24)23-5-1-3-20-4-2-10-32-26(20)23/h2,4,6-12,14-15,23H,1,3,5,13,16-17H2,(H,33,35). The number of hydrogen-bond acceptors (Lipinski definition) is 6. The van der Waals surface area contributed by atoms with Crippen molar-refractivity contribution < 1.29 is 4.79 Å². The minimum atomic E-state index is -0.324. The van der Waals surface area contributed by atoms with Gasteiger partial charge < -0.3 is 5.32 Å². The number of carbonyl (C=O) groups excluding carboxylic acids is 1. The topological polar surface area (TPSA) is 71.0 Å². The highest BCUT2D eigenvalue weighted by atomic mass is 35.5. The number of aromatic nitrogens is 3. The van der Waals surface area contributed by atoms with Crippen molar-refractivity contribution in [1.29, 1.82) is 0 Å². The highest BCUT2D eigenvalue weighted by Crippen LogP contribution is 2.35. The fraction of sp³-hybridized carbons (Fsp3) is 0.259. The molecule has 3 heterocycles. The average molecular weight is 539 g/mol. The maximum atomic E-state index is 12.6. The number of halogens is 2. The monoisotopic (exact) mass is 537 g/mol. The van der Waals surface area contributed by atoms with Gasteiger partial charge in [0.15, 0.2) is 0 Å². The van der Waals surface area contributed by atoms with E-state index in [0.717, 1.165) is 42.9 Å². The Morgan fingerprint density at radius 1 is 1.03 bits per heavy atom. The third-order valence-corrected chi connectivity index (χ3v) is 7.71. The fourth-order valence-electron chi connectivity index (χ4n) is 4.62. The molecule has 0 aliphatic heterocycles. The first-order chi connectivity index (χ1) is 17.6. The molecule has 1 aliphatic carbocycles. The number of benzene rings is 1. The van der Waals surface area contributed by atoms with E-state index in [1.165, 1.54) is 29.2 Å². The summed E-state index contributed by atoms with van der Waals surface area (Å²) in [6, 6.07) is 12.8. The van der Waals surface area contributed by atoms with Crippen LogP contribution in [0, 0.1) is 0 Å². The number of nitrogens with one attached hydrogen (secondary N) is 1. The number of hydrogen-bond donors (Lipinski definition) is 1. The first-order valence-electron chi connectivity index (χ1n) is 11.8. The smallest absolute Gasteiger partial charge is 0.254 e. The van der Waals surface area contributed by atoms with Crippen LogP contribution in [0.25, 0.3) is 0 Å². The molecule has 1 amide bonds. The van der Waals surface area contributed by atoms with Crippen LogP contribution in [0.2, 0.25) is 10.0 Å². The van der Waals surface area contributed by atoms with Crippen LogP contribution in [0.3, 0.4) is 0 Å². The van der Waals surface area contributed by atoms with Gasteiger partial charge in [-0.15, -0.1) is 11.3 Å². The normalized spacial score (nSPS) is 15.0. The Labute approximate surface area is 224 Å². The number of pyridine rings is 2. The van der Waals surface area contributed by atoms with E-state index in [4.69, 9.17) is 28.2 Å². The van der Waals surface area contributed by atoms with Crippen LogP contribution in [0.5, 0.6) is 0 Å². The third kappa shape index (κ3) is 5.76. The Morgan fingerprint density at radius 2 is 1.81 bits per heavy atom. The molecule has 6 nitrogen and oxygen atoms in total. The van der Waals surface area contributed by atoms with Gasteiger partial charge in [0.2, 0.25) is 0 Å². The minimum absolute atomic E-state index is 0.231. The number of carbonyl (C=O) groups is 1. The predicted molar refractivity (Wildman–Crippen MR) is 143 cm³/mol. The number of fused-ring (bicyclic) bond motifs is 1. The lowest BCUT2D eigenvalue weighted by Crippen LogP contribution is -2.31. The predicted octanol–water partition coefficient (Wildman–Crippen LogP) is 6.25. The van der Waals surface area contributed by atoms with Crippen LogP contribution in [-0.4, -0.2) is 25.8 Å². The van der Waals surface area contributed by atoms with Crippen molar-refractivity contribution in [2.24, 2.45) is 0 Å². The molecule has 0 radical (unpaired) electrons. The van der Waals surface area contributed by atoms with Crippen molar-refractivity contribution in [3.63, 3.8) is 0 Å². The van der Waals surface area contributed by atoms with Crippen molar-refractivity contribution in [2.75, 3.05) is 0 Å². The molecule has 3 aromatic heterocycles. The van der Waals surface area contributed by atoms with Crippen molar-refractivity contribution >= 4 is 40.4 Å². The van der Waals surface area contributed by atoms with Gasteiger partial charge in [-0.1, -0.05) is 53.5 Å². The van der Waals surface area contributed by atoms with Crippen molar-refractivity contribution in [3.8, 4) is 0 Å². The van der Waals surface area contributed by atoms with E-state index in [1.807, 2.05) is 36.0 Å². The first kappa shape index (κ1) is 24.8. The molecule has 0 saturated carbocycles. The molecule has 1 N–H and O–H groups in total. The molecular weight excluding hydrogens is 513 g/mol. The average Bonchev–Trinajstić information content (AvgIpc) is 3.41. The summed E-state index contributed by atoms with van der Waals surface area (Å²) in [6.07, 6.45) is 9.90. The molecule has 36 heavy (non-hydrogen) atoms. The largest absolute Gasteiger partial charge is 0.348 e. The molecule has 5 rings (SSSR count). The van der Waals surface area contributed by atoms with Crippen LogP contribution in [0.1, 0.15) is 56.6 Å². The molecule has 1 aromatic carbocycles. The van der Waals surface area contributed by atoms with Gasteiger partial charge in [-0.2, -0.15) is 0 Å². The zero-order valence-corrected chi connectivity index (χ0v) is 21.9. The number of rotatable bonds is 8. The van der Waals surface area contributed by atoms with Crippen LogP contribution >= 0.6 is 34.5 Å². The molecule has 1 atom stereocenters. The highest BCUT2D eigenvalue weighted by Gasteiger charge is 2.28. The summed E-state index contributed by atoms with van der Waals surface area (Å²) in [6.45, 7) is 1.94. The van der Waals surface area contributed by atoms with E-state index in [2.05, 4.69) is 38.4 Å². The summed E-state index contributed by atoms with van der Waals surface area (Å²) in [5.74, 6) is -0.324. The maximum absolute atomic E-state index is 12.6. The van der Waals surface area contributed by atoms with Crippen molar-refractivity contribution in [2.45, 2.75) is 44.9 Å². The van der Waals surface area contributed by atoms with Gasteiger partial charge in [0, 0.05) is 43.3 Å². The molecule has 0 fully saturated rings. The van der Waals surface area contributed by atoms with Crippen LogP contribution in [0.15, 0.2) is 66.6 Å². The quantitative estimate of drug-likeness (QED) is 0.287. The van der Waals surface area contributed by atoms with E-state index in [0.29, 0.717) is 6.54 Å². The van der Waals surface area contributed by atoms with Gasteiger partial charge in [-0.3, -0.25) is 19.7 Å². The summed E-state index contributed by atoms with van der Waals surface area (Å²) >= 11 is 13.9. The molecule has 9 heteroatoms. The molecular formula is C27H25Cl2N5OS. The van der Waals surface area contributed by atoms with Crippen molar-refractivity contribution in [3.05, 3.63) is 110 Å². The second-order valence-electron chi connectivity index (χ2n) is 8.76. The summed E-state index contributed by atoms with van der Waals surface area (Å²) in [5.41, 5.74) is 4.96. The summed E-state index contributed by atoms with van der Waals surface area (Å²) in [4.78, 5) is 28.2. The number of thiazole rings is 1. The number of aryl methyl sites for hydroxylation is 1. The summed E-state index contributed by atoms with van der Waals surface area (Å²) in [5, 5.41) is 6.48. The Balaban J connectivity index is 1.29. The molecule has 0 saturated heterocycles. The Morgan fingerprint density at radius 3 is 2.56 bits per heavy atom. The van der Waals surface area contributed by atoms with Crippen LogP contribution in [-0.2, 0) is 26.1 Å². The Kier molecular flexibility index (Phi) is 7.92. The van der Waals surface area contributed by atoms with E-state index >= 15 is 0 Å². The summed E-state index contributed by atoms with van der Waals surface area (Å²) < 4.78 is 0. The zero-order valence-electron chi connectivity index (χ0n) is 19.5. The lowest BCUT2D eigenvalue weighted by Gasteiger charge is -2.34. The third-order valence-electron chi connectivity index (χ3n) is 6.37. The van der Waals surface area contributed by atoms with Gasteiger partial charge in [0.25, 0.3) is 5.91 Å². The van der Waals surface area contributed by atoms with E-state index in [-0.39, 0.29) is 27.6 Å². The van der Waals surface area contributed by atoms with E-state index < -0.39 is 0 Å². The molecule has 4 aromatic rings. The molecule has 1 unspecified atom stereocenters. The van der Waals surface area contributed by atoms with Gasteiger partial charge in [0.1, 0.15) is 5.01 Å². The zero-order chi connectivity index (χ0) is 24.9. The minimum Gasteiger partial charge on any atom is -0.348 e. The SMILES string of the molecule is O=C(NCc1ccc(CN(Cc2nccs2)C2CCCc3cccnc32)cc1)c1c(Cl)cncc1Cl. The molecule has 0 spiro atoms. The van der Waals surface area contributed by atoms with Crippen molar-refractivity contribution in [1.82, 2.24) is 25.2 Å². The van der Waals surface area contributed by atoms with Gasteiger partial charge in [-0.25, -0.2) is 4.98 Å². The maximum Gasteiger partial charge on any atom is 0.254 e. The molecule has 184 valence electrons. The van der Waals surface area contributed by atoms with Crippen LogP contribution in [0.4, 0.5) is 0 Å². The Hall–Kier alpha value is -2.84. The van der Waals surface area contributed by atoms with E-state index in [9.17, 15) is 4.79 Å². The lowest BCUT2D eigenvalue weighted by molar-refractivity contribution is 0.0951. The van der Waals surface area contributed by atoms with Crippen LogP contribution < -0.4 is 5.32 Å². The van der Waals surface area contributed by atoms with E-state index in [1.54, 1.807) is 11.3 Å². The van der Waals surface area contributed by atoms with Gasteiger partial charge >= 0.3 is 0 Å². The van der Waals surface area contributed by atoms with Gasteiger partial charge in [0.05, 0.1) is 33.9 Å². The Bertz CT molecular complexity index is 1310. The molecule has 1 aliphatic rings. The first-order valence-corrected chi connectivity index (χ1v) is 13.4. The second kappa shape index (κ2) is 11.5. The summed E-state index contributed by atoms with van der Waals surface area (Å²) in [7, 11) is 0. The number of nitrogens with zero attached hydrogens (tertiary/aromatic N) is 4. The fourth-order valence-corrected chi connectivity index (χ4v) is 5.79. The lowest BCUT2D eigenvalue weighted by atomic mass is 9.90. The highest BCUT2D eigenvalue weighted by molar-refractivity contribution is 7.09. The number of amides is 1. The second-order valence-corrected chi connectivity index (χ2v) is 10.6.